The summed E-state index contributed by atoms with van der Waals surface area (Å²) < 4.78 is 29.1. The van der Waals surface area contributed by atoms with Gasteiger partial charge in [0.2, 0.25) is 21.8 Å². The number of carbonyl (C=O) groups excluding carboxylic acids is 3. The summed E-state index contributed by atoms with van der Waals surface area (Å²) in [5, 5.41) is 2.63. The van der Waals surface area contributed by atoms with Crippen molar-refractivity contribution in [3.8, 4) is 0 Å². The van der Waals surface area contributed by atoms with Crippen LogP contribution >= 0.6 is 0 Å². The van der Waals surface area contributed by atoms with Gasteiger partial charge in [0, 0.05) is 18.7 Å². The second kappa shape index (κ2) is 10.5. The molecule has 1 atom stereocenters. The van der Waals surface area contributed by atoms with Crippen molar-refractivity contribution >= 4 is 39.1 Å². The van der Waals surface area contributed by atoms with Gasteiger partial charge in [-0.1, -0.05) is 45.2 Å². The van der Waals surface area contributed by atoms with Crippen molar-refractivity contribution in [1.82, 2.24) is 4.31 Å². The first-order chi connectivity index (χ1) is 17.1. The highest BCUT2D eigenvalue weighted by Gasteiger charge is 2.49. The number of hydrogen-bond donors (Lipinski definition) is 1. The molecule has 1 N–H and O–H groups in total. The molecule has 2 aromatic rings. The highest BCUT2D eigenvalue weighted by atomic mass is 32.2. The molecule has 4 rings (SSSR count). The lowest BCUT2D eigenvalue weighted by atomic mass is 9.94. The third-order valence-electron chi connectivity index (χ3n) is 6.93. The first kappa shape index (κ1) is 26.0. The van der Waals surface area contributed by atoms with Crippen molar-refractivity contribution in [3.63, 3.8) is 0 Å². The number of amides is 3. The van der Waals surface area contributed by atoms with Crippen LogP contribution in [0.3, 0.4) is 0 Å². The van der Waals surface area contributed by atoms with Gasteiger partial charge in [0.05, 0.1) is 17.0 Å². The van der Waals surface area contributed by atoms with E-state index in [1.807, 2.05) is 12.1 Å². The normalized spacial score (nSPS) is 19.4. The molecule has 0 aromatic heterocycles. The lowest BCUT2D eigenvalue weighted by Gasteiger charge is -2.36. The molecule has 1 aliphatic carbocycles. The van der Waals surface area contributed by atoms with Crippen molar-refractivity contribution < 1.29 is 22.8 Å². The van der Waals surface area contributed by atoms with Crippen LogP contribution in [0.25, 0.3) is 0 Å². The van der Waals surface area contributed by atoms with Gasteiger partial charge in [0.1, 0.15) is 6.04 Å². The van der Waals surface area contributed by atoms with E-state index in [0.29, 0.717) is 30.1 Å². The Morgan fingerprint density at radius 3 is 2.14 bits per heavy atom. The van der Waals surface area contributed by atoms with Crippen LogP contribution in [0.5, 0.6) is 0 Å². The minimum absolute atomic E-state index is 0.0298. The lowest BCUT2D eigenvalue weighted by Crippen LogP contribution is -2.51. The van der Waals surface area contributed by atoms with E-state index in [9.17, 15) is 22.8 Å². The molecule has 0 spiro atoms. The van der Waals surface area contributed by atoms with E-state index >= 15 is 0 Å². The molecule has 8 nitrogen and oxygen atoms in total. The van der Waals surface area contributed by atoms with Gasteiger partial charge < -0.3 is 5.32 Å². The molecule has 2 aliphatic rings. The van der Waals surface area contributed by atoms with Crippen molar-refractivity contribution in [3.05, 3.63) is 54.1 Å². The Labute approximate surface area is 212 Å². The number of rotatable bonds is 7. The SMILES string of the molecule is CC(=O)Nc1ccc(S(=O)(=O)N(C2CCCCC2)C2CC(=O)N(c3ccc(C(C)C)cc3)C2=O)cc1. The smallest absolute Gasteiger partial charge is 0.252 e. The lowest BCUT2D eigenvalue weighted by molar-refractivity contribution is -0.122. The quantitative estimate of drug-likeness (QED) is 0.554. The third kappa shape index (κ3) is 5.22. The average molecular weight is 512 g/mol. The predicted octanol–water partition coefficient (Wildman–Crippen LogP) is 4.42. The molecule has 192 valence electrons. The molecular formula is C27H33N3O5S. The summed E-state index contributed by atoms with van der Waals surface area (Å²) in [5.74, 6) is -0.868. The first-order valence-electron chi connectivity index (χ1n) is 12.5. The third-order valence-corrected chi connectivity index (χ3v) is 8.91. The zero-order chi connectivity index (χ0) is 26.0. The van der Waals surface area contributed by atoms with Crippen molar-refractivity contribution in [2.24, 2.45) is 0 Å². The van der Waals surface area contributed by atoms with Gasteiger partial charge in [-0.2, -0.15) is 4.31 Å². The summed E-state index contributed by atoms with van der Waals surface area (Å²) in [7, 11) is -4.09. The molecule has 1 saturated carbocycles. The standard InChI is InChI=1S/C27H33N3O5S/c1-18(2)20-9-13-22(14-10-20)29-26(32)17-25(27(29)33)30(23-7-5-4-6-8-23)36(34,35)24-15-11-21(12-16-24)28-19(3)31/h9-16,18,23,25H,4-8,17H2,1-3H3,(H,28,31). The van der Waals surface area contributed by atoms with Gasteiger partial charge in [0.15, 0.2) is 0 Å². The van der Waals surface area contributed by atoms with E-state index in [-0.39, 0.29) is 23.3 Å². The number of anilines is 2. The summed E-state index contributed by atoms with van der Waals surface area (Å²) in [4.78, 5) is 39.2. The van der Waals surface area contributed by atoms with Crippen LogP contribution in [0, 0.1) is 0 Å². The number of hydrogen-bond acceptors (Lipinski definition) is 5. The molecule has 0 bridgehead atoms. The number of benzene rings is 2. The summed E-state index contributed by atoms with van der Waals surface area (Å²) in [6.45, 7) is 5.50. The Hall–Kier alpha value is -3.04. The second-order valence-corrected chi connectivity index (χ2v) is 11.7. The summed E-state index contributed by atoms with van der Waals surface area (Å²) in [6.07, 6.45) is 3.85. The summed E-state index contributed by atoms with van der Waals surface area (Å²) in [6, 6.07) is 11.7. The monoisotopic (exact) mass is 511 g/mol. The van der Waals surface area contributed by atoms with Gasteiger partial charge in [-0.25, -0.2) is 13.3 Å². The van der Waals surface area contributed by atoms with E-state index in [2.05, 4.69) is 19.2 Å². The summed E-state index contributed by atoms with van der Waals surface area (Å²) in [5.41, 5.74) is 2.02. The van der Waals surface area contributed by atoms with Gasteiger partial charge in [-0.05, 0) is 60.7 Å². The molecule has 36 heavy (non-hydrogen) atoms. The fourth-order valence-electron chi connectivity index (χ4n) is 5.08. The molecule has 9 heteroatoms. The topological polar surface area (TPSA) is 104 Å². The highest BCUT2D eigenvalue weighted by Crippen LogP contribution is 2.35. The number of nitrogens with one attached hydrogen (secondary N) is 1. The molecule has 2 aromatic carbocycles. The maximum Gasteiger partial charge on any atom is 0.252 e. The van der Waals surface area contributed by atoms with Crippen molar-refractivity contribution in [1.29, 1.82) is 0 Å². The number of imide groups is 1. The van der Waals surface area contributed by atoms with Crippen LogP contribution < -0.4 is 10.2 Å². The number of sulfonamides is 1. The van der Waals surface area contributed by atoms with Crippen molar-refractivity contribution in [2.45, 2.75) is 82.2 Å². The molecule has 3 amide bonds. The molecule has 1 aliphatic heterocycles. The Balaban J connectivity index is 1.68. The number of carbonyl (C=O) groups is 3. The van der Waals surface area contributed by atoms with Gasteiger partial charge in [-0.15, -0.1) is 0 Å². The maximum atomic E-state index is 13.9. The highest BCUT2D eigenvalue weighted by molar-refractivity contribution is 7.89. The zero-order valence-corrected chi connectivity index (χ0v) is 21.8. The molecule has 1 unspecified atom stereocenters. The van der Waals surface area contributed by atoms with Crippen LogP contribution in [0.4, 0.5) is 11.4 Å². The molecule has 1 saturated heterocycles. The molecular weight excluding hydrogens is 478 g/mol. The van der Waals surface area contributed by atoms with Crippen LogP contribution in [-0.2, 0) is 24.4 Å². The Kier molecular flexibility index (Phi) is 7.61. The van der Waals surface area contributed by atoms with Crippen LogP contribution in [0.1, 0.15) is 70.8 Å². The van der Waals surface area contributed by atoms with Gasteiger partial charge in [0.25, 0.3) is 5.91 Å². The Morgan fingerprint density at radius 1 is 0.972 bits per heavy atom. The predicted molar refractivity (Wildman–Crippen MR) is 138 cm³/mol. The van der Waals surface area contributed by atoms with E-state index in [4.69, 9.17) is 0 Å². The number of nitrogens with zero attached hydrogens (tertiary/aromatic N) is 2. The molecule has 2 fully saturated rings. The minimum atomic E-state index is -4.09. The van der Waals surface area contributed by atoms with Crippen molar-refractivity contribution in [2.75, 3.05) is 10.2 Å². The van der Waals surface area contributed by atoms with E-state index in [0.717, 1.165) is 29.7 Å². The van der Waals surface area contributed by atoms with Gasteiger partial charge >= 0.3 is 0 Å². The maximum absolute atomic E-state index is 13.9. The van der Waals surface area contributed by atoms with E-state index in [1.165, 1.54) is 35.5 Å². The fourth-order valence-corrected chi connectivity index (χ4v) is 6.91. The first-order valence-corrected chi connectivity index (χ1v) is 13.9. The molecule has 0 radical (unpaired) electrons. The second-order valence-electron chi connectivity index (χ2n) is 9.87. The Bertz CT molecular complexity index is 1230. The fraction of sp³-hybridized carbons (Fsp3) is 0.444. The zero-order valence-electron chi connectivity index (χ0n) is 20.9. The van der Waals surface area contributed by atoms with Crippen LogP contribution in [0.2, 0.25) is 0 Å². The largest absolute Gasteiger partial charge is 0.326 e. The average Bonchev–Trinajstić information content (AvgIpc) is 3.13. The molecule has 1 heterocycles. The summed E-state index contributed by atoms with van der Waals surface area (Å²) >= 11 is 0. The Morgan fingerprint density at radius 2 is 1.58 bits per heavy atom. The van der Waals surface area contributed by atoms with Crippen LogP contribution in [0.15, 0.2) is 53.4 Å². The van der Waals surface area contributed by atoms with Crippen LogP contribution in [-0.4, -0.2) is 42.5 Å². The minimum Gasteiger partial charge on any atom is -0.326 e. The van der Waals surface area contributed by atoms with E-state index in [1.54, 1.807) is 12.1 Å². The van der Waals surface area contributed by atoms with E-state index < -0.39 is 27.9 Å². The van der Waals surface area contributed by atoms with Gasteiger partial charge in [-0.3, -0.25) is 14.4 Å².